The molecule has 0 aliphatic heterocycles. The van der Waals surface area contributed by atoms with Crippen LogP contribution in [0.2, 0.25) is 0 Å². The SMILES string of the molecule is CCCOc1ccc(CNC(C)c2cccc(Br)c2)cc1. The first-order chi connectivity index (χ1) is 10.2. The minimum Gasteiger partial charge on any atom is -0.494 e. The Hall–Kier alpha value is -1.32. The van der Waals surface area contributed by atoms with Crippen molar-refractivity contribution in [1.82, 2.24) is 5.32 Å². The van der Waals surface area contributed by atoms with Gasteiger partial charge in [0.05, 0.1) is 6.61 Å². The molecule has 0 bridgehead atoms. The molecule has 0 saturated heterocycles. The minimum absolute atomic E-state index is 0.318. The van der Waals surface area contributed by atoms with Gasteiger partial charge in [-0.3, -0.25) is 0 Å². The van der Waals surface area contributed by atoms with Gasteiger partial charge in [-0.25, -0.2) is 0 Å². The largest absolute Gasteiger partial charge is 0.494 e. The average Bonchev–Trinajstić information content (AvgIpc) is 2.51. The Labute approximate surface area is 135 Å². The molecule has 0 amide bonds. The number of hydrogen-bond acceptors (Lipinski definition) is 2. The highest BCUT2D eigenvalue weighted by atomic mass is 79.9. The van der Waals surface area contributed by atoms with E-state index in [0.717, 1.165) is 29.8 Å². The third kappa shape index (κ3) is 5.18. The zero-order valence-electron chi connectivity index (χ0n) is 12.6. The Bertz CT molecular complexity index is 553. The lowest BCUT2D eigenvalue weighted by molar-refractivity contribution is 0.317. The van der Waals surface area contributed by atoms with Crippen LogP contribution in [0.15, 0.2) is 53.0 Å². The van der Waals surface area contributed by atoms with E-state index in [9.17, 15) is 0 Å². The fourth-order valence-corrected chi connectivity index (χ4v) is 2.51. The van der Waals surface area contributed by atoms with E-state index in [-0.39, 0.29) is 0 Å². The zero-order chi connectivity index (χ0) is 15.1. The summed E-state index contributed by atoms with van der Waals surface area (Å²) in [6, 6.07) is 17.0. The van der Waals surface area contributed by atoms with Gasteiger partial charge in [0.1, 0.15) is 5.75 Å². The number of halogens is 1. The third-order valence-electron chi connectivity index (χ3n) is 3.36. The fourth-order valence-electron chi connectivity index (χ4n) is 2.09. The molecule has 1 atom stereocenters. The molecule has 2 rings (SSSR count). The molecule has 0 aliphatic rings. The molecule has 0 heterocycles. The number of hydrogen-bond donors (Lipinski definition) is 1. The predicted octanol–water partition coefficient (Wildman–Crippen LogP) is 5.09. The highest BCUT2D eigenvalue weighted by molar-refractivity contribution is 9.10. The smallest absolute Gasteiger partial charge is 0.119 e. The van der Waals surface area contributed by atoms with Crippen LogP contribution in [0.5, 0.6) is 5.75 Å². The van der Waals surface area contributed by atoms with Gasteiger partial charge in [0.2, 0.25) is 0 Å². The average molecular weight is 348 g/mol. The van der Waals surface area contributed by atoms with Crippen LogP contribution in [-0.2, 0) is 6.54 Å². The molecule has 2 aromatic rings. The highest BCUT2D eigenvalue weighted by Gasteiger charge is 2.05. The van der Waals surface area contributed by atoms with Gasteiger partial charge in [0.25, 0.3) is 0 Å². The van der Waals surface area contributed by atoms with Crippen LogP contribution < -0.4 is 10.1 Å². The van der Waals surface area contributed by atoms with Gasteiger partial charge < -0.3 is 10.1 Å². The van der Waals surface area contributed by atoms with Crippen molar-refractivity contribution in [3.63, 3.8) is 0 Å². The van der Waals surface area contributed by atoms with E-state index in [4.69, 9.17) is 4.74 Å². The van der Waals surface area contributed by atoms with Crippen molar-refractivity contribution in [2.45, 2.75) is 32.9 Å². The van der Waals surface area contributed by atoms with E-state index in [0.29, 0.717) is 6.04 Å². The zero-order valence-corrected chi connectivity index (χ0v) is 14.2. The summed E-state index contributed by atoms with van der Waals surface area (Å²) in [7, 11) is 0. The molecule has 1 unspecified atom stereocenters. The van der Waals surface area contributed by atoms with E-state index in [1.165, 1.54) is 11.1 Å². The summed E-state index contributed by atoms with van der Waals surface area (Å²) in [4.78, 5) is 0. The van der Waals surface area contributed by atoms with E-state index >= 15 is 0 Å². The fraction of sp³-hybridized carbons (Fsp3) is 0.333. The molecular weight excluding hydrogens is 326 g/mol. The van der Waals surface area contributed by atoms with Crippen molar-refractivity contribution in [3.8, 4) is 5.75 Å². The summed E-state index contributed by atoms with van der Waals surface area (Å²) in [5.74, 6) is 0.945. The summed E-state index contributed by atoms with van der Waals surface area (Å²) in [5, 5.41) is 3.54. The van der Waals surface area contributed by atoms with Gasteiger partial charge in [0, 0.05) is 17.1 Å². The molecule has 0 fully saturated rings. The summed E-state index contributed by atoms with van der Waals surface area (Å²) >= 11 is 3.51. The summed E-state index contributed by atoms with van der Waals surface area (Å²) in [6.45, 7) is 5.92. The first-order valence-corrected chi connectivity index (χ1v) is 8.19. The van der Waals surface area contributed by atoms with Crippen LogP contribution in [-0.4, -0.2) is 6.61 Å². The van der Waals surface area contributed by atoms with Gasteiger partial charge in [-0.2, -0.15) is 0 Å². The Kier molecular flexibility index (Phi) is 6.27. The van der Waals surface area contributed by atoms with E-state index in [2.05, 4.69) is 65.4 Å². The molecule has 0 saturated carbocycles. The van der Waals surface area contributed by atoms with Crippen LogP contribution in [0.4, 0.5) is 0 Å². The Morgan fingerprint density at radius 2 is 1.90 bits per heavy atom. The van der Waals surface area contributed by atoms with E-state index < -0.39 is 0 Å². The highest BCUT2D eigenvalue weighted by Crippen LogP contribution is 2.19. The molecule has 0 spiro atoms. The second kappa shape index (κ2) is 8.20. The summed E-state index contributed by atoms with van der Waals surface area (Å²) < 4.78 is 6.71. The van der Waals surface area contributed by atoms with Crippen LogP contribution in [0.1, 0.15) is 37.4 Å². The van der Waals surface area contributed by atoms with E-state index in [1.807, 2.05) is 18.2 Å². The summed E-state index contributed by atoms with van der Waals surface area (Å²) in [6.07, 6.45) is 1.04. The van der Waals surface area contributed by atoms with Crippen LogP contribution >= 0.6 is 15.9 Å². The van der Waals surface area contributed by atoms with Crippen molar-refractivity contribution >= 4 is 15.9 Å². The number of rotatable bonds is 7. The van der Waals surface area contributed by atoms with Gasteiger partial charge in [-0.15, -0.1) is 0 Å². The predicted molar refractivity (Wildman–Crippen MR) is 91.6 cm³/mol. The van der Waals surface area contributed by atoms with Gasteiger partial charge in [-0.05, 0) is 48.7 Å². The molecule has 2 aromatic carbocycles. The Morgan fingerprint density at radius 1 is 1.14 bits per heavy atom. The minimum atomic E-state index is 0.318. The van der Waals surface area contributed by atoms with Gasteiger partial charge >= 0.3 is 0 Å². The van der Waals surface area contributed by atoms with Crippen molar-refractivity contribution in [1.29, 1.82) is 0 Å². The number of ether oxygens (including phenoxy) is 1. The van der Waals surface area contributed by atoms with Crippen molar-refractivity contribution in [3.05, 3.63) is 64.1 Å². The molecule has 21 heavy (non-hydrogen) atoms. The number of benzene rings is 2. The van der Waals surface area contributed by atoms with Crippen LogP contribution in [0.25, 0.3) is 0 Å². The maximum atomic E-state index is 5.59. The lowest BCUT2D eigenvalue weighted by Gasteiger charge is -2.15. The monoisotopic (exact) mass is 347 g/mol. The normalized spacial score (nSPS) is 12.1. The van der Waals surface area contributed by atoms with Gasteiger partial charge in [0.15, 0.2) is 0 Å². The Morgan fingerprint density at radius 3 is 2.57 bits per heavy atom. The molecule has 1 N–H and O–H groups in total. The maximum Gasteiger partial charge on any atom is 0.119 e. The molecule has 112 valence electrons. The van der Waals surface area contributed by atoms with Crippen LogP contribution in [0.3, 0.4) is 0 Å². The third-order valence-corrected chi connectivity index (χ3v) is 3.85. The molecule has 3 heteroatoms. The molecule has 0 aliphatic carbocycles. The molecule has 0 radical (unpaired) electrons. The maximum absolute atomic E-state index is 5.59. The summed E-state index contributed by atoms with van der Waals surface area (Å²) in [5.41, 5.74) is 2.55. The number of nitrogens with one attached hydrogen (secondary N) is 1. The molecule has 0 aromatic heterocycles. The second-order valence-electron chi connectivity index (χ2n) is 5.15. The molecule has 2 nitrogen and oxygen atoms in total. The van der Waals surface area contributed by atoms with Crippen molar-refractivity contribution in [2.75, 3.05) is 6.61 Å². The Balaban J connectivity index is 1.87. The second-order valence-corrected chi connectivity index (χ2v) is 6.07. The topological polar surface area (TPSA) is 21.3 Å². The quantitative estimate of drug-likeness (QED) is 0.753. The van der Waals surface area contributed by atoms with E-state index in [1.54, 1.807) is 0 Å². The van der Waals surface area contributed by atoms with Crippen molar-refractivity contribution in [2.24, 2.45) is 0 Å². The first kappa shape index (κ1) is 16.1. The van der Waals surface area contributed by atoms with Gasteiger partial charge in [-0.1, -0.05) is 47.1 Å². The first-order valence-electron chi connectivity index (χ1n) is 7.39. The lowest BCUT2D eigenvalue weighted by Crippen LogP contribution is -2.18. The lowest BCUT2D eigenvalue weighted by atomic mass is 10.1. The van der Waals surface area contributed by atoms with Crippen LogP contribution in [0, 0.1) is 0 Å². The van der Waals surface area contributed by atoms with Crippen molar-refractivity contribution < 1.29 is 4.74 Å². The standard InChI is InChI=1S/C18H22BrNO/c1-3-11-21-18-9-7-15(8-10-18)13-20-14(2)16-5-4-6-17(19)12-16/h4-10,12,14,20H,3,11,13H2,1-2H3. The molecular formula is C18H22BrNO.